The monoisotopic (exact) mass is 311 g/mol. The number of carboxylic acids is 2. The van der Waals surface area contributed by atoms with Gasteiger partial charge in [0.25, 0.3) is 0 Å². The number of aliphatic carboxylic acids is 2. The molecule has 1 heterocycles. The van der Waals surface area contributed by atoms with Crippen LogP contribution in [0, 0.1) is 11.3 Å². The Balaban J connectivity index is 0.000000277. The first-order chi connectivity index (χ1) is 11.0. The van der Waals surface area contributed by atoms with Crippen molar-refractivity contribution in [2.75, 3.05) is 0 Å². The van der Waals surface area contributed by atoms with E-state index in [0.29, 0.717) is 0 Å². The summed E-state index contributed by atoms with van der Waals surface area (Å²) in [4.78, 5) is 25.3. The molecule has 2 aromatic rings. The largest absolute Gasteiger partial charge is 0.473 e. The average molecular weight is 311 g/mol. The van der Waals surface area contributed by atoms with E-state index in [-0.39, 0.29) is 0 Å². The Labute approximate surface area is 131 Å². The fourth-order valence-electron chi connectivity index (χ4n) is 2.27. The number of fused-ring (bicyclic) bond motifs is 1. The summed E-state index contributed by atoms with van der Waals surface area (Å²) >= 11 is 0. The highest BCUT2D eigenvalue weighted by atomic mass is 16.4. The second-order valence-electron chi connectivity index (χ2n) is 4.77. The predicted octanol–water partition coefficient (Wildman–Crippen LogP) is 1.92. The number of benzene rings is 1. The van der Waals surface area contributed by atoms with E-state index in [1.54, 1.807) is 6.33 Å². The molecule has 1 aliphatic rings. The maximum atomic E-state index is 9.10. The third kappa shape index (κ3) is 4.04. The highest BCUT2D eigenvalue weighted by molar-refractivity contribution is 6.27. The van der Waals surface area contributed by atoms with Crippen molar-refractivity contribution in [1.82, 2.24) is 9.97 Å². The smallest absolute Gasteiger partial charge is 0.414 e. The number of hydrogen-bond acceptors (Lipinski definition) is 4. The predicted molar refractivity (Wildman–Crippen MR) is 81.2 cm³/mol. The van der Waals surface area contributed by atoms with Crippen molar-refractivity contribution in [3.05, 3.63) is 53.1 Å². The number of aromatic amines is 1. The molecule has 23 heavy (non-hydrogen) atoms. The zero-order valence-electron chi connectivity index (χ0n) is 12.0. The van der Waals surface area contributed by atoms with E-state index < -0.39 is 11.9 Å². The van der Waals surface area contributed by atoms with E-state index in [1.807, 2.05) is 24.4 Å². The zero-order valence-corrected chi connectivity index (χ0v) is 12.0. The van der Waals surface area contributed by atoms with Crippen LogP contribution in [0.3, 0.4) is 0 Å². The number of H-pyrrole nitrogens is 1. The summed E-state index contributed by atoms with van der Waals surface area (Å²) in [6.45, 7) is 0. The van der Waals surface area contributed by atoms with Crippen molar-refractivity contribution < 1.29 is 19.8 Å². The Morgan fingerprint density at radius 3 is 2.57 bits per heavy atom. The van der Waals surface area contributed by atoms with Crippen LogP contribution in [-0.2, 0) is 16.0 Å². The number of hydrogen-bond donors (Lipinski definition) is 3. The van der Waals surface area contributed by atoms with E-state index in [9.17, 15) is 0 Å². The van der Waals surface area contributed by atoms with Crippen molar-refractivity contribution in [2.45, 2.75) is 12.8 Å². The van der Waals surface area contributed by atoms with Crippen LogP contribution in [0.4, 0.5) is 0 Å². The maximum absolute atomic E-state index is 9.10. The van der Waals surface area contributed by atoms with Crippen molar-refractivity contribution in [2.24, 2.45) is 0 Å². The molecule has 3 rings (SSSR count). The number of imidazole rings is 1. The van der Waals surface area contributed by atoms with Crippen molar-refractivity contribution >= 4 is 23.6 Å². The lowest BCUT2D eigenvalue weighted by atomic mass is 10.0. The van der Waals surface area contributed by atoms with Gasteiger partial charge in [-0.25, -0.2) is 14.6 Å². The summed E-state index contributed by atoms with van der Waals surface area (Å²) < 4.78 is 0. The van der Waals surface area contributed by atoms with Gasteiger partial charge >= 0.3 is 11.9 Å². The molecular weight excluding hydrogens is 298 g/mol. The third-order valence-corrected chi connectivity index (χ3v) is 3.28. The molecule has 0 fully saturated rings. The zero-order chi connectivity index (χ0) is 16.8. The summed E-state index contributed by atoms with van der Waals surface area (Å²) in [6, 6.07) is 8.10. The Kier molecular flexibility index (Phi) is 4.89. The molecule has 7 nitrogen and oxygen atoms in total. The van der Waals surface area contributed by atoms with E-state index in [4.69, 9.17) is 25.1 Å². The number of aromatic nitrogens is 2. The molecule has 0 unspecified atom stereocenters. The number of carboxylic acid groups (broad SMARTS) is 2. The number of nitrogens with zero attached hydrogens (tertiary/aromatic N) is 2. The second-order valence-corrected chi connectivity index (χ2v) is 4.77. The average Bonchev–Trinajstić information content (AvgIpc) is 3.18. The number of nitrogens with one attached hydrogen (secondary N) is 1. The molecule has 0 amide bonds. The quantitative estimate of drug-likeness (QED) is 0.690. The Hall–Kier alpha value is -3.40. The van der Waals surface area contributed by atoms with Crippen LogP contribution in [0.5, 0.6) is 0 Å². The van der Waals surface area contributed by atoms with E-state index in [1.165, 1.54) is 16.7 Å². The van der Waals surface area contributed by atoms with Crippen LogP contribution in [0.1, 0.15) is 28.8 Å². The number of rotatable bonds is 1. The topological polar surface area (TPSA) is 127 Å². The summed E-state index contributed by atoms with van der Waals surface area (Å²) in [5, 5.41) is 23.6. The van der Waals surface area contributed by atoms with Gasteiger partial charge in [0.1, 0.15) is 0 Å². The Morgan fingerprint density at radius 2 is 2.00 bits per heavy atom. The molecule has 0 aliphatic heterocycles. The maximum Gasteiger partial charge on any atom is 0.414 e. The lowest BCUT2D eigenvalue weighted by Gasteiger charge is -2.00. The fourth-order valence-corrected chi connectivity index (χ4v) is 2.27. The second kappa shape index (κ2) is 7.04. The van der Waals surface area contributed by atoms with Crippen LogP contribution in [0.2, 0.25) is 0 Å². The lowest BCUT2D eigenvalue weighted by molar-refractivity contribution is -0.159. The normalized spacial score (nSPS) is 13.6. The molecule has 7 heteroatoms. The van der Waals surface area contributed by atoms with E-state index >= 15 is 0 Å². The minimum absolute atomic E-state index is 0.742. The van der Waals surface area contributed by atoms with Crippen LogP contribution < -0.4 is 0 Å². The molecule has 3 N–H and O–H groups in total. The fraction of sp³-hybridized carbons (Fsp3) is 0.125. The first kappa shape index (κ1) is 16.0. The SMILES string of the molecule is N#Cc1ccc2c(c1)CC/C2=C/c1cnc[nH]1.O=C(O)C(=O)O. The number of nitriles is 1. The number of carbonyl (C=O) groups is 2. The summed E-state index contributed by atoms with van der Waals surface area (Å²) in [6.07, 6.45) is 7.68. The van der Waals surface area contributed by atoms with Crippen LogP contribution >= 0.6 is 0 Å². The lowest BCUT2D eigenvalue weighted by Crippen LogP contribution is -2.09. The number of aryl methyl sites for hydroxylation is 1. The van der Waals surface area contributed by atoms with Crippen molar-refractivity contribution in [3.63, 3.8) is 0 Å². The Bertz CT molecular complexity index is 789. The third-order valence-electron chi connectivity index (χ3n) is 3.28. The molecule has 0 atom stereocenters. The molecule has 0 radical (unpaired) electrons. The van der Waals surface area contributed by atoms with Gasteiger partial charge in [0.05, 0.1) is 29.9 Å². The summed E-state index contributed by atoms with van der Waals surface area (Å²) in [5.74, 6) is -3.65. The number of allylic oxidation sites excluding steroid dienone is 1. The molecule has 116 valence electrons. The highest BCUT2D eigenvalue weighted by Crippen LogP contribution is 2.33. The summed E-state index contributed by atoms with van der Waals surface area (Å²) in [7, 11) is 0. The van der Waals surface area contributed by atoms with Crippen LogP contribution in [-0.4, -0.2) is 32.1 Å². The van der Waals surface area contributed by atoms with Gasteiger partial charge in [-0.15, -0.1) is 0 Å². The van der Waals surface area contributed by atoms with Crippen LogP contribution in [0.15, 0.2) is 30.7 Å². The molecule has 0 saturated carbocycles. The molecular formula is C16H13N3O4. The highest BCUT2D eigenvalue weighted by Gasteiger charge is 2.16. The van der Waals surface area contributed by atoms with Gasteiger partial charge in [0, 0.05) is 0 Å². The van der Waals surface area contributed by atoms with Crippen molar-refractivity contribution in [1.29, 1.82) is 5.26 Å². The molecule has 1 aromatic heterocycles. The first-order valence-electron chi connectivity index (χ1n) is 6.70. The van der Waals surface area contributed by atoms with Gasteiger partial charge in [-0.3, -0.25) is 0 Å². The van der Waals surface area contributed by atoms with Crippen LogP contribution in [0.25, 0.3) is 11.6 Å². The molecule has 1 aromatic carbocycles. The van der Waals surface area contributed by atoms with Gasteiger partial charge in [-0.2, -0.15) is 5.26 Å². The van der Waals surface area contributed by atoms with Gasteiger partial charge in [-0.1, -0.05) is 6.07 Å². The minimum Gasteiger partial charge on any atom is -0.473 e. The van der Waals surface area contributed by atoms with E-state index in [0.717, 1.165) is 24.1 Å². The van der Waals surface area contributed by atoms with Gasteiger partial charge in [-0.05, 0) is 47.8 Å². The van der Waals surface area contributed by atoms with Crippen molar-refractivity contribution in [3.8, 4) is 6.07 Å². The van der Waals surface area contributed by atoms with Gasteiger partial charge < -0.3 is 15.2 Å². The van der Waals surface area contributed by atoms with Gasteiger partial charge in [0.15, 0.2) is 0 Å². The summed E-state index contributed by atoms with van der Waals surface area (Å²) in [5.41, 5.74) is 5.62. The first-order valence-corrected chi connectivity index (χ1v) is 6.70. The molecule has 0 spiro atoms. The van der Waals surface area contributed by atoms with E-state index in [2.05, 4.69) is 22.1 Å². The van der Waals surface area contributed by atoms with Gasteiger partial charge in [0.2, 0.25) is 0 Å². The Morgan fingerprint density at radius 1 is 1.26 bits per heavy atom. The molecule has 1 aliphatic carbocycles. The minimum atomic E-state index is -1.82. The molecule has 0 bridgehead atoms. The standard InChI is InChI=1S/C14H11N3.C2H2O4/c15-7-10-1-4-14-11(5-10)2-3-12(14)6-13-8-16-9-17-13;3-1(4)2(5)6/h1,4-6,8-9H,2-3H2,(H,16,17);(H,3,4)(H,5,6)/b12-6-;. The molecule has 0 saturated heterocycles.